The molecule has 42 heavy (non-hydrogen) atoms. The molecular weight excluding hydrogens is 558 g/mol. The number of nitrogens with one attached hydrogen (secondary N) is 5. The van der Waals surface area contributed by atoms with Gasteiger partial charge in [-0.05, 0) is 23.6 Å². The second-order valence-corrected chi connectivity index (χ2v) is 10.2. The number of rotatable bonds is 14. The first kappa shape index (κ1) is 30.3. The zero-order chi connectivity index (χ0) is 30.1. The number of fused-ring (bicyclic) bond motifs is 1. The van der Waals surface area contributed by atoms with Crippen LogP contribution in [0.1, 0.15) is 16.8 Å². The Morgan fingerprint density at radius 3 is 2.19 bits per heavy atom. The molecule has 2 aromatic heterocycles. The maximum atomic E-state index is 13.5. The molecule has 13 heteroatoms. The van der Waals surface area contributed by atoms with Gasteiger partial charge in [-0.15, -0.1) is 0 Å². The normalized spacial score (nSPS) is 14.0. The molecule has 0 radical (unpaired) electrons. The average Bonchev–Trinajstić information content (AvgIpc) is 3.65. The molecule has 0 saturated heterocycles. The van der Waals surface area contributed by atoms with Crippen molar-refractivity contribution in [1.29, 1.82) is 0 Å². The van der Waals surface area contributed by atoms with Crippen molar-refractivity contribution in [3.8, 4) is 0 Å². The lowest BCUT2D eigenvalue weighted by molar-refractivity contribution is -0.142. The van der Waals surface area contributed by atoms with Crippen molar-refractivity contribution >= 4 is 47.2 Å². The molecular formula is C29H33N7O5S. The van der Waals surface area contributed by atoms with Crippen LogP contribution in [0.25, 0.3) is 10.9 Å². The number of H-pyrrole nitrogens is 2. The van der Waals surface area contributed by atoms with Crippen LogP contribution >= 0.6 is 12.6 Å². The van der Waals surface area contributed by atoms with E-state index in [1.54, 1.807) is 6.20 Å². The summed E-state index contributed by atoms with van der Waals surface area (Å²) in [6, 6.07) is 12.2. The molecule has 0 aliphatic carbocycles. The largest absolute Gasteiger partial charge is 0.480 e. The summed E-state index contributed by atoms with van der Waals surface area (Å²) >= 11 is 4.23. The van der Waals surface area contributed by atoms with Crippen LogP contribution in [0, 0.1) is 0 Å². The fraction of sp³-hybridized carbons (Fsp3) is 0.276. The van der Waals surface area contributed by atoms with Gasteiger partial charge in [0.05, 0.1) is 12.4 Å². The minimum absolute atomic E-state index is 0.0382. The van der Waals surface area contributed by atoms with E-state index in [1.165, 1.54) is 12.5 Å². The van der Waals surface area contributed by atoms with Crippen molar-refractivity contribution in [2.75, 3.05) is 5.75 Å². The number of thiol groups is 1. The SMILES string of the molecule is NC(Cc1ccccc1)C(=O)NC(CS)C(=O)NC(Cc1c[nH]c2ccccc12)C(=O)NC(Cc1cnc[nH]1)C(=O)O. The summed E-state index contributed by atoms with van der Waals surface area (Å²) in [5, 5.41) is 18.4. The molecule has 0 aliphatic rings. The van der Waals surface area contributed by atoms with Gasteiger partial charge in [0.15, 0.2) is 0 Å². The van der Waals surface area contributed by atoms with Gasteiger partial charge in [-0.3, -0.25) is 14.4 Å². The molecule has 0 spiro atoms. The van der Waals surface area contributed by atoms with E-state index in [-0.39, 0.29) is 25.0 Å². The third-order valence-corrected chi connectivity index (χ3v) is 7.14. The van der Waals surface area contributed by atoms with Crippen LogP contribution in [0.2, 0.25) is 0 Å². The molecule has 3 amide bonds. The second kappa shape index (κ2) is 14.3. The zero-order valence-corrected chi connectivity index (χ0v) is 23.5. The Labute approximate surface area is 247 Å². The molecule has 2 heterocycles. The molecule has 8 N–H and O–H groups in total. The third kappa shape index (κ3) is 7.98. The van der Waals surface area contributed by atoms with Gasteiger partial charge in [-0.25, -0.2) is 9.78 Å². The molecule has 12 nitrogen and oxygen atoms in total. The number of nitrogens with zero attached hydrogens (tertiary/aromatic N) is 1. The van der Waals surface area contributed by atoms with Crippen LogP contribution in [0.3, 0.4) is 0 Å². The smallest absolute Gasteiger partial charge is 0.326 e. The van der Waals surface area contributed by atoms with Crippen LogP contribution < -0.4 is 21.7 Å². The highest BCUT2D eigenvalue weighted by molar-refractivity contribution is 7.80. The monoisotopic (exact) mass is 591 g/mol. The number of nitrogens with two attached hydrogens (primary N) is 1. The van der Waals surface area contributed by atoms with E-state index in [9.17, 15) is 24.3 Å². The lowest BCUT2D eigenvalue weighted by atomic mass is 10.0. The number of hydrogen-bond acceptors (Lipinski definition) is 7. The molecule has 220 valence electrons. The highest BCUT2D eigenvalue weighted by atomic mass is 32.1. The van der Waals surface area contributed by atoms with E-state index in [2.05, 4.69) is 43.5 Å². The van der Waals surface area contributed by atoms with Crippen LogP contribution in [0.4, 0.5) is 0 Å². The molecule has 4 aromatic rings. The van der Waals surface area contributed by atoms with Gasteiger partial charge in [0.25, 0.3) is 0 Å². The van der Waals surface area contributed by atoms with Gasteiger partial charge in [-0.2, -0.15) is 12.6 Å². The first-order valence-corrected chi connectivity index (χ1v) is 13.9. The maximum absolute atomic E-state index is 13.5. The van der Waals surface area contributed by atoms with Crippen molar-refractivity contribution in [2.24, 2.45) is 5.73 Å². The molecule has 0 bridgehead atoms. The Morgan fingerprint density at radius 2 is 1.50 bits per heavy atom. The summed E-state index contributed by atoms with van der Waals surface area (Å²) < 4.78 is 0. The highest BCUT2D eigenvalue weighted by Crippen LogP contribution is 2.19. The van der Waals surface area contributed by atoms with Crippen molar-refractivity contribution in [3.05, 3.63) is 90.1 Å². The number of aromatic amines is 2. The molecule has 4 atom stereocenters. The standard InChI is InChI=1S/C29H33N7O5S/c30-21(10-17-6-2-1-3-7-17)26(37)36-25(15-42)28(39)34-23(11-18-13-32-22-9-5-4-8-20(18)22)27(38)35-24(29(40)41)12-19-14-31-16-33-19/h1-9,13-14,16,21,23-25,32,42H,10-12,15,30H2,(H,31,33)(H,34,39)(H,35,38)(H,36,37)(H,40,41). The number of benzene rings is 2. The quantitative estimate of drug-likeness (QED) is 0.0989. The summed E-state index contributed by atoms with van der Waals surface area (Å²) in [7, 11) is 0. The van der Waals surface area contributed by atoms with Crippen molar-refractivity contribution in [2.45, 2.75) is 43.4 Å². The molecule has 2 aromatic carbocycles. The van der Waals surface area contributed by atoms with Gasteiger partial charge in [-0.1, -0.05) is 48.5 Å². The number of para-hydroxylation sites is 1. The number of carboxylic acids is 1. The van der Waals surface area contributed by atoms with Crippen molar-refractivity contribution < 1.29 is 24.3 Å². The predicted octanol–water partition coefficient (Wildman–Crippen LogP) is 0.715. The summed E-state index contributed by atoms with van der Waals surface area (Å²) in [6.45, 7) is 0. The number of hydrogen-bond donors (Lipinski definition) is 8. The van der Waals surface area contributed by atoms with E-state index in [0.717, 1.165) is 22.0 Å². The summed E-state index contributed by atoms with van der Waals surface area (Å²) in [4.78, 5) is 61.4. The Bertz CT molecular complexity index is 1510. The van der Waals surface area contributed by atoms with Gasteiger partial charge in [0.2, 0.25) is 17.7 Å². The van der Waals surface area contributed by atoms with E-state index in [1.807, 2.05) is 54.6 Å². The number of carbonyl (C=O) groups is 4. The van der Waals surface area contributed by atoms with Crippen LogP contribution in [-0.2, 0) is 38.4 Å². The minimum atomic E-state index is -1.28. The Hall–Kier alpha value is -4.62. The first-order valence-electron chi connectivity index (χ1n) is 13.3. The van der Waals surface area contributed by atoms with E-state index in [0.29, 0.717) is 5.69 Å². The summed E-state index contributed by atoms with van der Waals surface area (Å²) in [5.74, 6) is -3.22. The summed E-state index contributed by atoms with van der Waals surface area (Å²) in [6.07, 6.45) is 4.90. The maximum Gasteiger partial charge on any atom is 0.326 e. The molecule has 0 aliphatic heterocycles. The topological polar surface area (TPSA) is 195 Å². The average molecular weight is 592 g/mol. The van der Waals surface area contributed by atoms with Crippen molar-refractivity contribution in [3.63, 3.8) is 0 Å². The first-order chi connectivity index (χ1) is 20.2. The lowest BCUT2D eigenvalue weighted by Crippen LogP contribution is -2.58. The van der Waals surface area contributed by atoms with Gasteiger partial charge in [0, 0.05) is 47.6 Å². The number of aliphatic carboxylic acids is 1. The Kier molecular flexibility index (Phi) is 10.3. The van der Waals surface area contributed by atoms with E-state index < -0.39 is 47.9 Å². The van der Waals surface area contributed by atoms with Crippen molar-refractivity contribution in [1.82, 2.24) is 30.9 Å². The number of carboxylic acid groups (broad SMARTS) is 1. The fourth-order valence-corrected chi connectivity index (χ4v) is 4.78. The van der Waals surface area contributed by atoms with Crippen LogP contribution in [0.15, 0.2) is 73.3 Å². The van der Waals surface area contributed by atoms with Gasteiger partial charge in [0.1, 0.15) is 18.1 Å². The summed E-state index contributed by atoms with van der Waals surface area (Å²) in [5.41, 5.74) is 9.05. The molecule has 0 saturated carbocycles. The lowest BCUT2D eigenvalue weighted by Gasteiger charge is -2.24. The number of amides is 3. The number of imidazole rings is 1. The molecule has 4 unspecified atom stereocenters. The second-order valence-electron chi connectivity index (χ2n) is 9.85. The number of aromatic nitrogens is 3. The third-order valence-electron chi connectivity index (χ3n) is 6.78. The molecule has 0 fully saturated rings. The fourth-order valence-electron chi connectivity index (χ4n) is 4.52. The van der Waals surface area contributed by atoms with E-state index in [4.69, 9.17) is 5.73 Å². The Balaban J connectivity index is 1.49. The van der Waals surface area contributed by atoms with Gasteiger partial charge < -0.3 is 36.8 Å². The number of carbonyl (C=O) groups excluding carboxylic acids is 3. The predicted molar refractivity (Wildman–Crippen MR) is 160 cm³/mol. The Morgan fingerprint density at radius 1 is 0.833 bits per heavy atom. The van der Waals surface area contributed by atoms with E-state index >= 15 is 0 Å². The minimum Gasteiger partial charge on any atom is -0.480 e. The van der Waals surface area contributed by atoms with Crippen LogP contribution in [-0.4, -0.2) is 73.7 Å². The molecule has 4 rings (SSSR count). The highest BCUT2D eigenvalue weighted by Gasteiger charge is 2.31. The zero-order valence-electron chi connectivity index (χ0n) is 22.6. The van der Waals surface area contributed by atoms with Gasteiger partial charge >= 0.3 is 5.97 Å². The van der Waals surface area contributed by atoms with Crippen LogP contribution in [0.5, 0.6) is 0 Å².